The van der Waals surface area contributed by atoms with Gasteiger partial charge in [-0.3, -0.25) is 4.79 Å². The molecule has 2 N–H and O–H groups in total. The highest BCUT2D eigenvalue weighted by atomic mass is 16.2. The van der Waals surface area contributed by atoms with E-state index in [-0.39, 0.29) is 11.4 Å². The zero-order valence-corrected chi connectivity index (χ0v) is 10.6. The highest BCUT2D eigenvalue weighted by Crippen LogP contribution is 2.38. The molecule has 0 radical (unpaired) electrons. The van der Waals surface area contributed by atoms with Gasteiger partial charge < -0.3 is 5.32 Å². The number of nitrogens with one attached hydrogen (secondary N) is 2. The summed E-state index contributed by atoms with van der Waals surface area (Å²) in [7, 11) is 0. The fourth-order valence-electron chi connectivity index (χ4n) is 2.81. The molecule has 0 atom stereocenters. The van der Waals surface area contributed by atoms with E-state index in [0.717, 1.165) is 25.7 Å². The van der Waals surface area contributed by atoms with Gasteiger partial charge in [0.2, 0.25) is 0 Å². The average molecular weight is 256 g/mol. The van der Waals surface area contributed by atoms with Crippen molar-refractivity contribution in [2.75, 3.05) is 0 Å². The van der Waals surface area contributed by atoms with Gasteiger partial charge >= 0.3 is 0 Å². The van der Waals surface area contributed by atoms with Crippen molar-refractivity contribution in [1.82, 2.24) is 20.7 Å². The van der Waals surface area contributed by atoms with E-state index < -0.39 is 0 Å². The Labute approximate surface area is 111 Å². The van der Waals surface area contributed by atoms with Crippen LogP contribution in [0.5, 0.6) is 0 Å². The summed E-state index contributed by atoms with van der Waals surface area (Å²) in [6, 6.07) is 10.2. The molecule has 3 rings (SSSR count). The van der Waals surface area contributed by atoms with Gasteiger partial charge in [0.15, 0.2) is 5.69 Å². The van der Waals surface area contributed by atoms with Gasteiger partial charge in [0.1, 0.15) is 0 Å². The molecule has 98 valence electrons. The molecule has 0 saturated heterocycles. The molecule has 1 heterocycles. The minimum atomic E-state index is -0.253. The van der Waals surface area contributed by atoms with E-state index >= 15 is 0 Å². The Morgan fingerprint density at radius 2 is 1.95 bits per heavy atom. The number of nitrogens with zero attached hydrogens (tertiary/aromatic N) is 2. The third-order valence-corrected chi connectivity index (χ3v) is 3.78. The molecule has 0 spiro atoms. The smallest absolute Gasteiger partial charge is 0.274 e. The molecule has 1 aliphatic rings. The lowest BCUT2D eigenvalue weighted by molar-refractivity contribution is 0.0893. The Morgan fingerprint density at radius 1 is 1.21 bits per heavy atom. The second-order valence-corrected chi connectivity index (χ2v) is 4.96. The molecule has 2 aromatic rings. The standard InChI is InChI=1S/C14H16N4O/c19-13(12-10-15-18-17-12)16-14(8-4-5-9-14)11-6-2-1-3-7-11/h1-3,6-7,10H,4-5,8-9H2,(H,16,19)(H,15,17,18). The van der Waals surface area contributed by atoms with Crippen molar-refractivity contribution >= 4 is 5.91 Å². The third kappa shape index (κ3) is 2.23. The van der Waals surface area contributed by atoms with Gasteiger partial charge in [-0.2, -0.15) is 15.4 Å². The highest BCUT2D eigenvalue weighted by molar-refractivity contribution is 5.92. The molecule has 0 bridgehead atoms. The summed E-state index contributed by atoms with van der Waals surface area (Å²) >= 11 is 0. The number of hydrogen-bond acceptors (Lipinski definition) is 3. The van der Waals surface area contributed by atoms with Gasteiger partial charge in [-0.25, -0.2) is 0 Å². The lowest BCUT2D eigenvalue weighted by atomic mass is 9.88. The van der Waals surface area contributed by atoms with Gasteiger partial charge in [0, 0.05) is 0 Å². The van der Waals surface area contributed by atoms with E-state index in [2.05, 4.69) is 32.9 Å². The SMILES string of the molecule is O=C(NC1(c2ccccc2)CCCC1)c1cn[nH]n1. The van der Waals surface area contributed by atoms with E-state index in [9.17, 15) is 4.79 Å². The van der Waals surface area contributed by atoms with E-state index in [4.69, 9.17) is 0 Å². The van der Waals surface area contributed by atoms with Crippen LogP contribution in [0, 0.1) is 0 Å². The number of rotatable bonds is 3. The fourth-order valence-corrected chi connectivity index (χ4v) is 2.81. The zero-order chi connectivity index (χ0) is 13.1. The molecule has 5 heteroatoms. The van der Waals surface area contributed by atoms with E-state index in [1.807, 2.05) is 18.2 Å². The van der Waals surface area contributed by atoms with Crippen LogP contribution in [0.2, 0.25) is 0 Å². The summed E-state index contributed by atoms with van der Waals surface area (Å²) in [5, 5.41) is 13.1. The first-order chi connectivity index (χ1) is 9.30. The van der Waals surface area contributed by atoms with Crippen molar-refractivity contribution in [3.05, 3.63) is 47.8 Å². The van der Waals surface area contributed by atoms with Crippen LogP contribution in [0.4, 0.5) is 0 Å². The number of H-pyrrole nitrogens is 1. The summed E-state index contributed by atoms with van der Waals surface area (Å²) in [5.74, 6) is -0.167. The van der Waals surface area contributed by atoms with Gasteiger partial charge in [-0.1, -0.05) is 43.2 Å². The number of aromatic amines is 1. The zero-order valence-electron chi connectivity index (χ0n) is 10.6. The largest absolute Gasteiger partial charge is 0.341 e. The first-order valence-corrected chi connectivity index (χ1v) is 6.54. The van der Waals surface area contributed by atoms with Crippen molar-refractivity contribution in [3.8, 4) is 0 Å². The maximum atomic E-state index is 12.2. The molecule has 0 unspecified atom stereocenters. The Kier molecular flexibility index (Phi) is 3.03. The van der Waals surface area contributed by atoms with Crippen LogP contribution in [0.25, 0.3) is 0 Å². The minimum Gasteiger partial charge on any atom is -0.341 e. The molecule has 19 heavy (non-hydrogen) atoms. The monoisotopic (exact) mass is 256 g/mol. The van der Waals surface area contributed by atoms with Crippen LogP contribution in [-0.2, 0) is 5.54 Å². The number of benzene rings is 1. The van der Waals surface area contributed by atoms with Gasteiger partial charge in [-0.15, -0.1) is 0 Å². The Hall–Kier alpha value is -2.17. The van der Waals surface area contributed by atoms with Crippen molar-refractivity contribution < 1.29 is 4.79 Å². The molecule has 5 nitrogen and oxygen atoms in total. The van der Waals surface area contributed by atoms with Crippen LogP contribution < -0.4 is 5.32 Å². The molecule has 0 aliphatic heterocycles. The summed E-state index contributed by atoms with van der Waals surface area (Å²) < 4.78 is 0. The molecule has 1 amide bonds. The molecular weight excluding hydrogens is 240 g/mol. The van der Waals surface area contributed by atoms with Gasteiger partial charge in [0.05, 0.1) is 11.7 Å². The van der Waals surface area contributed by atoms with Crippen molar-refractivity contribution in [1.29, 1.82) is 0 Å². The normalized spacial score (nSPS) is 17.3. The third-order valence-electron chi connectivity index (χ3n) is 3.78. The Balaban J connectivity index is 1.88. The number of hydrogen-bond donors (Lipinski definition) is 2. The molecule has 1 aromatic heterocycles. The van der Waals surface area contributed by atoms with E-state index in [0.29, 0.717) is 5.69 Å². The maximum Gasteiger partial charge on any atom is 0.274 e. The van der Waals surface area contributed by atoms with E-state index in [1.165, 1.54) is 11.8 Å². The highest BCUT2D eigenvalue weighted by Gasteiger charge is 2.37. The van der Waals surface area contributed by atoms with Crippen LogP contribution in [0.15, 0.2) is 36.5 Å². The topological polar surface area (TPSA) is 70.7 Å². The second kappa shape index (κ2) is 4.84. The van der Waals surface area contributed by atoms with Crippen LogP contribution in [0.3, 0.4) is 0 Å². The van der Waals surface area contributed by atoms with Crippen LogP contribution in [-0.4, -0.2) is 21.3 Å². The lowest BCUT2D eigenvalue weighted by Crippen LogP contribution is -2.43. The predicted molar refractivity (Wildman–Crippen MR) is 70.4 cm³/mol. The number of aromatic nitrogens is 3. The van der Waals surface area contributed by atoms with Crippen LogP contribution in [0.1, 0.15) is 41.7 Å². The van der Waals surface area contributed by atoms with Gasteiger partial charge in [-0.05, 0) is 18.4 Å². The summed E-state index contributed by atoms with van der Waals surface area (Å²) in [6.07, 6.45) is 5.66. The first-order valence-electron chi connectivity index (χ1n) is 6.54. The molecule has 1 fully saturated rings. The Morgan fingerprint density at radius 3 is 2.58 bits per heavy atom. The average Bonchev–Trinajstić information content (AvgIpc) is 3.11. The molecule has 1 aromatic carbocycles. The number of amides is 1. The molecular formula is C14H16N4O. The fraction of sp³-hybridized carbons (Fsp3) is 0.357. The van der Waals surface area contributed by atoms with E-state index in [1.54, 1.807) is 0 Å². The quantitative estimate of drug-likeness (QED) is 0.882. The number of carbonyl (C=O) groups excluding carboxylic acids is 1. The molecule has 1 saturated carbocycles. The first kappa shape index (κ1) is 11.9. The Bertz CT molecular complexity index is 544. The minimum absolute atomic E-state index is 0.167. The van der Waals surface area contributed by atoms with Crippen molar-refractivity contribution in [2.24, 2.45) is 0 Å². The van der Waals surface area contributed by atoms with Crippen molar-refractivity contribution in [2.45, 2.75) is 31.2 Å². The predicted octanol–water partition coefficient (Wildman–Crippen LogP) is 2.00. The van der Waals surface area contributed by atoms with Crippen LogP contribution >= 0.6 is 0 Å². The second-order valence-electron chi connectivity index (χ2n) is 4.96. The summed E-state index contributed by atoms with van der Waals surface area (Å²) in [4.78, 5) is 12.2. The summed E-state index contributed by atoms with van der Waals surface area (Å²) in [6.45, 7) is 0. The lowest BCUT2D eigenvalue weighted by Gasteiger charge is -2.30. The maximum absolute atomic E-state index is 12.2. The van der Waals surface area contributed by atoms with Gasteiger partial charge in [0.25, 0.3) is 5.91 Å². The van der Waals surface area contributed by atoms with Crippen molar-refractivity contribution in [3.63, 3.8) is 0 Å². The summed E-state index contributed by atoms with van der Waals surface area (Å²) in [5.41, 5.74) is 1.25. The molecule has 1 aliphatic carbocycles. The number of carbonyl (C=O) groups is 1.